The van der Waals surface area contributed by atoms with Crippen molar-refractivity contribution in [1.29, 1.82) is 0 Å². The Morgan fingerprint density at radius 3 is 2.16 bits per heavy atom. The summed E-state index contributed by atoms with van der Waals surface area (Å²) in [6, 6.07) is 11.5. The number of carbonyl (C=O) groups is 2. The lowest BCUT2D eigenvalue weighted by Crippen LogP contribution is -2.50. The summed E-state index contributed by atoms with van der Waals surface area (Å²) in [5.41, 5.74) is 0.00863. The molecule has 2 N–H and O–H groups in total. The Morgan fingerprint density at radius 1 is 1.09 bits per heavy atom. The molecule has 1 aromatic rings. The molecule has 1 aromatic carbocycles. The van der Waals surface area contributed by atoms with Crippen molar-refractivity contribution in [1.82, 2.24) is 0 Å². The summed E-state index contributed by atoms with van der Waals surface area (Å²) in [5.74, 6) is -2.10. The molecule has 6 nitrogen and oxygen atoms in total. The summed E-state index contributed by atoms with van der Waals surface area (Å²) in [6.45, 7) is 14.0. The van der Waals surface area contributed by atoms with Crippen LogP contribution in [-0.2, 0) is 25.4 Å². The molecule has 4 unspecified atom stereocenters. The van der Waals surface area contributed by atoms with Gasteiger partial charge >= 0.3 is 5.97 Å². The van der Waals surface area contributed by atoms with E-state index >= 15 is 0 Å². The molecule has 0 radical (unpaired) electrons. The molecule has 0 amide bonds. The van der Waals surface area contributed by atoms with E-state index in [1.54, 1.807) is 20.8 Å². The lowest BCUT2D eigenvalue weighted by atomic mass is 9.73. The predicted octanol–water partition coefficient (Wildman–Crippen LogP) is 4.91. The lowest BCUT2D eigenvalue weighted by molar-refractivity contribution is -0.146. The third kappa shape index (κ3) is 8.10. The number of hydrogen-bond donors (Lipinski definition) is 2. The van der Waals surface area contributed by atoms with Crippen LogP contribution in [0.3, 0.4) is 0 Å². The molecule has 0 aliphatic heterocycles. The number of ketones is 1. The highest BCUT2D eigenvalue weighted by Crippen LogP contribution is 2.35. The van der Waals surface area contributed by atoms with Gasteiger partial charge in [-0.25, -0.2) is 0 Å². The normalized spacial score (nSPS) is 16.2. The first-order chi connectivity index (χ1) is 14.9. The molecular weight excluding hydrogens is 424 g/mol. The molecule has 0 heterocycles. The molecule has 0 bridgehead atoms. The number of benzene rings is 1. The van der Waals surface area contributed by atoms with Crippen molar-refractivity contribution in [3.63, 3.8) is 0 Å². The third-order valence-electron chi connectivity index (χ3n) is 6.72. The van der Waals surface area contributed by atoms with Crippen LogP contribution < -0.4 is 0 Å². The number of ether oxygens (including phenoxy) is 1. The highest BCUT2D eigenvalue weighted by Gasteiger charge is 2.45. The topological polar surface area (TPSA) is 93.1 Å². The molecular formula is C25H42O6Si. The summed E-state index contributed by atoms with van der Waals surface area (Å²) >= 11 is 0. The van der Waals surface area contributed by atoms with Crippen LogP contribution >= 0.6 is 0 Å². The van der Waals surface area contributed by atoms with E-state index in [4.69, 9.17) is 9.16 Å². The fourth-order valence-electron chi connectivity index (χ4n) is 3.79. The number of Topliss-reactive ketones (excluding diaryl/α,β-unsaturated/α-hetero) is 1. The second-order valence-corrected chi connectivity index (χ2v) is 14.3. The van der Waals surface area contributed by atoms with Crippen LogP contribution in [0.25, 0.3) is 0 Å². The monoisotopic (exact) mass is 466 g/mol. The van der Waals surface area contributed by atoms with Crippen molar-refractivity contribution < 1.29 is 29.0 Å². The van der Waals surface area contributed by atoms with Gasteiger partial charge in [0.05, 0.1) is 31.8 Å². The predicted molar refractivity (Wildman–Crippen MR) is 129 cm³/mol. The first-order valence-electron chi connectivity index (χ1n) is 11.6. The summed E-state index contributed by atoms with van der Waals surface area (Å²) in [4.78, 5) is 25.0. The highest BCUT2D eigenvalue weighted by molar-refractivity contribution is 6.72. The van der Waals surface area contributed by atoms with E-state index in [-0.39, 0.29) is 18.1 Å². The largest absolute Gasteiger partial charge is 0.481 e. The molecule has 0 aromatic heterocycles. The Kier molecular flexibility index (Phi) is 11.2. The Morgan fingerprint density at radius 2 is 1.66 bits per heavy atom. The summed E-state index contributed by atoms with van der Waals surface area (Å²) < 4.78 is 12.1. The van der Waals surface area contributed by atoms with Crippen molar-refractivity contribution >= 4 is 20.1 Å². The molecule has 32 heavy (non-hydrogen) atoms. The zero-order valence-electron chi connectivity index (χ0n) is 20.8. The van der Waals surface area contributed by atoms with Gasteiger partial charge in [-0.2, -0.15) is 0 Å². The van der Waals surface area contributed by atoms with E-state index < -0.39 is 37.8 Å². The van der Waals surface area contributed by atoms with Crippen molar-refractivity contribution in [3.8, 4) is 0 Å². The minimum Gasteiger partial charge on any atom is -0.481 e. The fraction of sp³-hybridized carbons (Fsp3) is 0.680. The maximum atomic E-state index is 13.4. The number of carboxylic acids is 1. The van der Waals surface area contributed by atoms with E-state index in [0.717, 1.165) is 17.7 Å². The van der Waals surface area contributed by atoms with Gasteiger partial charge in [-0.3, -0.25) is 9.59 Å². The number of carbonyl (C=O) groups excluding carboxylic acids is 1. The molecule has 1 rings (SSSR count). The Bertz CT molecular complexity index is 716. The fourth-order valence-corrected chi connectivity index (χ4v) is 5.69. The van der Waals surface area contributed by atoms with E-state index in [9.17, 15) is 19.8 Å². The number of carboxylic acid groups (broad SMARTS) is 1. The van der Waals surface area contributed by atoms with Gasteiger partial charge in [0, 0.05) is 17.3 Å². The molecule has 7 heteroatoms. The minimum atomic E-state index is -2.11. The quantitative estimate of drug-likeness (QED) is 0.357. The highest BCUT2D eigenvalue weighted by atomic mass is 28.4. The van der Waals surface area contributed by atoms with Crippen molar-refractivity contribution in [2.75, 3.05) is 6.61 Å². The number of rotatable bonds is 15. The van der Waals surface area contributed by atoms with Crippen LogP contribution in [0.15, 0.2) is 30.3 Å². The van der Waals surface area contributed by atoms with Crippen molar-refractivity contribution in [3.05, 3.63) is 35.9 Å². The SMILES string of the molecule is CC[Si](C)(CC)OC(CC(=O)O)C(C)(C)C(=O)C(C)C(O)C(C)COCc1ccccc1. The standard InChI is InChI=1S/C25H42O6Si/c1-8-32(7,9-2)31-21(15-22(26)27)25(5,6)24(29)19(4)23(28)18(3)16-30-17-20-13-11-10-12-14-20/h10-14,18-19,21,23,28H,8-9,15-17H2,1-7H3,(H,26,27). The second kappa shape index (κ2) is 12.6. The first-order valence-corrected chi connectivity index (χ1v) is 14.4. The van der Waals surface area contributed by atoms with E-state index in [2.05, 4.69) is 6.55 Å². The van der Waals surface area contributed by atoms with E-state index in [1.807, 2.05) is 51.1 Å². The molecule has 0 saturated heterocycles. The van der Waals surface area contributed by atoms with Gasteiger partial charge in [0.2, 0.25) is 0 Å². The second-order valence-electron chi connectivity index (χ2n) is 9.70. The Balaban J connectivity index is 2.85. The molecule has 0 fully saturated rings. The van der Waals surface area contributed by atoms with Gasteiger partial charge in [-0.15, -0.1) is 0 Å². The molecule has 0 aliphatic carbocycles. The van der Waals surface area contributed by atoms with E-state index in [1.165, 1.54) is 0 Å². The summed E-state index contributed by atoms with van der Waals surface area (Å²) in [6.07, 6.45) is -1.87. The zero-order chi connectivity index (χ0) is 24.5. The van der Waals surface area contributed by atoms with Crippen LogP contribution in [0.1, 0.15) is 53.5 Å². The van der Waals surface area contributed by atoms with Crippen LogP contribution in [0, 0.1) is 17.3 Å². The van der Waals surface area contributed by atoms with Crippen molar-refractivity contribution in [2.45, 2.75) is 85.4 Å². The maximum absolute atomic E-state index is 13.4. The van der Waals surface area contributed by atoms with Crippen LogP contribution in [0.4, 0.5) is 0 Å². The van der Waals surface area contributed by atoms with Crippen LogP contribution in [0.2, 0.25) is 18.6 Å². The third-order valence-corrected chi connectivity index (χ3v) is 10.6. The number of aliphatic hydroxyl groups is 1. The zero-order valence-corrected chi connectivity index (χ0v) is 21.8. The van der Waals surface area contributed by atoms with Gasteiger partial charge in [-0.05, 0) is 24.2 Å². The van der Waals surface area contributed by atoms with Crippen LogP contribution in [-0.4, -0.2) is 49.1 Å². The number of hydrogen-bond acceptors (Lipinski definition) is 5. The van der Waals surface area contributed by atoms with Gasteiger partial charge < -0.3 is 19.4 Å². The van der Waals surface area contributed by atoms with Gasteiger partial charge in [0.15, 0.2) is 8.32 Å². The maximum Gasteiger partial charge on any atom is 0.305 e. The molecule has 0 spiro atoms. The molecule has 0 aliphatic rings. The van der Waals surface area contributed by atoms with E-state index in [0.29, 0.717) is 13.2 Å². The summed E-state index contributed by atoms with van der Waals surface area (Å²) in [5, 5.41) is 20.3. The average molecular weight is 467 g/mol. The molecule has 182 valence electrons. The first kappa shape index (κ1) is 28.5. The molecule has 4 atom stereocenters. The Hall–Kier alpha value is -1.54. The number of aliphatic carboxylic acids is 1. The smallest absolute Gasteiger partial charge is 0.305 e. The number of aliphatic hydroxyl groups excluding tert-OH is 1. The van der Waals surface area contributed by atoms with Gasteiger partial charge in [0.25, 0.3) is 0 Å². The molecule has 0 saturated carbocycles. The van der Waals surface area contributed by atoms with Crippen molar-refractivity contribution in [2.24, 2.45) is 17.3 Å². The van der Waals surface area contributed by atoms with Crippen LogP contribution in [0.5, 0.6) is 0 Å². The lowest BCUT2D eigenvalue weighted by Gasteiger charge is -2.40. The minimum absolute atomic E-state index is 0.185. The Labute approximate surface area is 194 Å². The van der Waals surface area contributed by atoms with Gasteiger partial charge in [0.1, 0.15) is 5.78 Å². The average Bonchev–Trinajstić information content (AvgIpc) is 2.77. The summed E-state index contributed by atoms with van der Waals surface area (Å²) in [7, 11) is -2.11. The van der Waals surface area contributed by atoms with Gasteiger partial charge in [-0.1, -0.05) is 71.9 Å².